The summed E-state index contributed by atoms with van der Waals surface area (Å²) in [5, 5.41) is 2.84. The summed E-state index contributed by atoms with van der Waals surface area (Å²) in [6.07, 6.45) is 1.75. The van der Waals surface area contributed by atoms with Gasteiger partial charge in [-0.1, -0.05) is 0 Å². The van der Waals surface area contributed by atoms with Crippen LogP contribution >= 0.6 is 0 Å². The molecule has 24 heavy (non-hydrogen) atoms. The van der Waals surface area contributed by atoms with Gasteiger partial charge in [0.05, 0.1) is 0 Å². The molecular formula is C18H26N2O4. The lowest BCUT2D eigenvalue weighted by Crippen LogP contribution is -2.33. The Bertz CT molecular complexity index is 597. The predicted octanol–water partition coefficient (Wildman–Crippen LogP) is 3.16. The lowest BCUT2D eigenvalue weighted by atomic mass is 10.1. The summed E-state index contributed by atoms with van der Waals surface area (Å²) < 4.78 is 16.0. The van der Waals surface area contributed by atoms with Crippen molar-refractivity contribution in [1.29, 1.82) is 0 Å². The molecular weight excluding hydrogens is 308 g/mol. The number of hydrogen-bond donors (Lipinski definition) is 1. The van der Waals surface area contributed by atoms with Crippen LogP contribution in [0.3, 0.4) is 0 Å². The molecule has 6 nitrogen and oxygen atoms in total. The van der Waals surface area contributed by atoms with E-state index in [9.17, 15) is 4.79 Å². The van der Waals surface area contributed by atoms with Gasteiger partial charge in [0, 0.05) is 31.4 Å². The standard InChI is InChI=1S/C18H26N2O4/c1-18(2,3)24-17(21)19-8-6-13-7-9-20(11-13)14-4-5-15-16(10-14)23-12-22-15/h4-5,10,13H,6-9,11-12H2,1-3H3,(H,19,21). The van der Waals surface area contributed by atoms with Crippen LogP contribution in [0.4, 0.5) is 10.5 Å². The molecule has 1 amide bonds. The van der Waals surface area contributed by atoms with E-state index in [2.05, 4.69) is 16.3 Å². The Kier molecular flexibility index (Phi) is 4.73. The number of fused-ring (bicyclic) bond motifs is 1. The molecule has 0 aliphatic carbocycles. The normalized spacial score (nSPS) is 19.5. The zero-order valence-corrected chi connectivity index (χ0v) is 14.6. The Balaban J connectivity index is 1.43. The molecule has 1 fully saturated rings. The van der Waals surface area contributed by atoms with Gasteiger partial charge in [-0.05, 0) is 51.7 Å². The second-order valence-corrected chi connectivity index (χ2v) is 7.36. The number of carbonyl (C=O) groups excluding carboxylic acids is 1. The highest BCUT2D eigenvalue weighted by atomic mass is 16.7. The molecule has 2 aliphatic heterocycles. The zero-order valence-electron chi connectivity index (χ0n) is 14.6. The van der Waals surface area contributed by atoms with Gasteiger partial charge in [-0.2, -0.15) is 0 Å². The molecule has 0 radical (unpaired) electrons. The van der Waals surface area contributed by atoms with Crippen molar-refractivity contribution in [3.05, 3.63) is 18.2 Å². The third-order valence-electron chi connectivity index (χ3n) is 4.23. The maximum absolute atomic E-state index is 11.7. The number of rotatable bonds is 4. The van der Waals surface area contributed by atoms with Crippen molar-refractivity contribution in [2.24, 2.45) is 5.92 Å². The molecule has 2 aliphatic rings. The van der Waals surface area contributed by atoms with Gasteiger partial charge in [0.25, 0.3) is 0 Å². The van der Waals surface area contributed by atoms with Gasteiger partial charge >= 0.3 is 6.09 Å². The number of ether oxygens (including phenoxy) is 3. The number of hydrogen-bond acceptors (Lipinski definition) is 5. The van der Waals surface area contributed by atoms with E-state index in [0.717, 1.165) is 37.4 Å². The minimum atomic E-state index is -0.451. The van der Waals surface area contributed by atoms with Crippen molar-refractivity contribution in [1.82, 2.24) is 5.32 Å². The zero-order chi connectivity index (χ0) is 17.2. The minimum Gasteiger partial charge on any atom is -0.454 e. The molecule has 132 valence electrons. The van der Waals surface area contributed by atoms with Crippen LogP contribution in [0.1, 0.15) is 33.6 Å². The van der Waals surface area contributed by atoms with Crippen LogP contribution in [0.25, 0.3) is 0 Å². The Morgan fingerprint density at radius 2 is 2.12 bits per heavy atom. The van der Waals surface area contributed by atoms with E-state index in [4.69, 9.17) is 14.2 Å². The van der Waals surface area contributed by atoms with E-state index < -0.39 is 5.60 Å². The van der Waals surface area contributed by atoms with Gasteiger partial charge in [0.1, 0.15) is 5.60 Å². The number of benzene rings is 1. The second-order valence-electron chi connectivity index (χ2n) is 7.36. The molecule has 1 atom stereocenters. The van der Waals surface area contributed by atoms with Crippen molar-refractivity contribution in [2.75, 3.05) is 31.3 Å². The minimum absolute atomic E-state index is 0.303. The van der Waals surface area contributed by atoms with Gasteiger partial charge in [-0.3, -0.25) is 0 Å². The molecule has 3 rings (SSSR count). The van der Waals surface area contributed by atoms with Crippen molar-refractivity contribution in [3.63, 3.8) is 0 Å². The summed E-state index contributed by atoms with van der Waals surface area (Å²) in [6, 6.07) is 6.09. The molecule has 1 saturated heterocycles. The molecule has 1 unspecified atom stereocenters. The third-order valence-corrected chi connectivity index (χ3v) is 4.23. The average molecular weight is 334 g/mol. The number of nitrogens with one attached hydrogen (secondary N) is 1. The first-order valence-electron chi connectivity index (χ1n) is 8.52. The Labute approximate surface area is 143 Å². The van der Waals surface area contributed by atoms with Gasteiger partial charge in [-0.25, -0.2) is 4.79 Å². The van der Waals surface area contributed by atoms with Crippen LogP contribution in [0.2, 0.25) is 0 Å². The largest absolute Gasteiger partial charge is 0.454 e. The number of amides is 1. The monoisotopic (exact) mass is 334 g/mol. The fourth-order valence-corrected chi connectivity index (χ4v) is 3.08. The quantitative estimate of drug-likeness (QED) is 0.916. The van der Waals surface area contributed by atoms with E-state index in [-0.39, 0.29) is 6.09 Å². The highest BCUT2D eigenvalue weighted by molar-refractivity contribution is 5.67. The number of alkyl carbamates (subject to hydrolysis) is 1. The van der Waals surface area contributed by atoms with E-state index in [1.165, 1.54) is 5.69 Å². The summed E-state index contributed by atoms with van der Waals surface area (Å²) in [5.74, 6) is 2.21. The topological polar surface area (TPSA) is 60.0 Å². The SMILES string of the molecule is CC(C)(C)OC(=O)NCCC1CCN(c2ccc3c(c2)OCO3)C1. The highest BCUT2D eigenvalue weighted by Gasteiger charge is 2.24. The van der Waals surface area contributed by atoms with E-state index >= 15 is 0 Å². The second kappa shape index (κ2) is 6.79. The van der Waals surface area contributed by atoms with Gasteiger partial charge in [-0.15, -0.1) is 0 Å². The first-order valence-corrected chi connectivity index (χ1v) is 8.52. The van der Waals surface area contributed by atoms with E-state index in [1.807, 2.05) is 32.9 Å². The van der Waals surface area contributed by atoms with Crippen LogP contribution < -0.4 is 19.7 Å². The molecule has 0 saturated carbocycles. The maximum Gasteiger partial charge on any atom is 0.407 e. The Hall–Kier alpha value is -2.11. The molecule has 6 heteroatoms. The number of nitrogens with zero attached hydrogens (tertiary/aromatic N) is 1. The summed E-state index contributed by atoms with van der Waals surface area (Å²) in [4.78, 5) is 14.0. The molecule has 1 aromatic carbocycles. The predicted molar refractivity (Wildman–Crippen MR) is 91.7 cm³/mol. The van der Waals surface area contributed by atoms with Gasteiger partial charge in [0.2, 0.25) is 6.79 Å². The summed E-state index contributed by atoms with van der Waals surface area (Å²) >= 11 is 0. The van der Waals surface area contributed by atoms with Crippen molar-refractivity contribution in [3.8, 4) is 11.5 Å². The van der Waals surface area contributed by atoms with E-state index in [1.54, 1.807) is 0 Å². The summed E-state index contributed by atoms with van der Waals surface area (Å²) in [7, 11) is 0. The smallest absolute Gasteiger partial charge is 0.407 e. The van der Waals surface area contributed by atoms with Crippen LogP contribution in [-0.2, 0) is 4.74 Å². The molecule has 0 bridgehead atoms. The first kappa shape index (κ1) is 16.7. The summed E-state index contributed by atoms with van der Waals surface area (Å²) in [6.45, 7) is 8.57. The van der Waals surface area contributed by atoms with E-state index in [0.29, 0.717) is 19.3 Å². The molecule has 0 spiro atoms. The molecule has 2 heterocycles. The van der Waals surface area contributed by atoms with Crippen LogP contribution in [-0.4, -0.2) is 38.1 Å². The van der Waals surface area contributed by atoms with Crippen molar-refractivity contribution < 1.29 is 19.0 Å². The van der Waals surface area contributed by atoms with Crippen molar-refractivity contribution in [2.45, 2.75) is 39.2 Å². The maximum atomic E-state index is 11.7. The Morgan fingerprint density at radius 1 is 1.33 bits per heavy atom. The average Bonchev–Trinajstić information content (AvgIpc) is 3.13. The fourth-order valence-electron chi connectivity index (χ4n) is 3.08. The van der Waals surface area contributed by atoms with Crippen LogP contribution in [0.15, 0.2) is 18.2 Å². The van der Waals surface area contributed by atoms with Crippen LogP contribution in [0.5, 0.6) is 11.5 Å². The number of carbonyl (C=O) groups is 1. The van der Waals surface area contributed by atoms with Crippen molar-refractivity contribution >= 4 is 11.8 Å². The lowest BCUT2D eigenvalue weighted by molar-refractivity contribution is 0.0525. The Morgan fingerprint density at radius 3 is 2.92 bits per heavy atom. The lowest BCUT2D eigenvalue weighted by Gasteiger charge is -2.20. The molecule has 1 N–H and O–H groups in total. The van der Waals surface area contributed by atoms with Gasteiger partial charge < -0.3 is 24.4 Å². The fraction of sp³-hybridized carbons (Fsp3) is 0.611. The molecule has 0 aromatic heterocycles. The van der Waals surface area contributed by atoms with Crippen LogP contribution in [0, 0.1) is 5.92 Å². The first-order chi connectivity index (χ1) is 11.4. The summed E-state index contributed by atoms with van der Waals surface area (Å²) in [5.41, 5.74) is 0.718. The molecule has 1 aromatic rings. The van der Waals surface area contributed by atoms with Gasteiger partial charge in [0.15, 0.2) is 11.5 Å². The third kappa shape index (κ3) is 4.24. The number of anilines is 1. The highest BCUT2D eigenvalue weighted by Crippen LogP contribution is 2.37.